The van der Waals surface area contributed by atoms with Crippen LogP contribution in [0.15, 0.2) is 22.7 Å². The Balaban J connectivity index is 2.70. The first-order chi connectivity index (χ1) is 7.17. The van der Waals surface area contributed by atoms with Gasteiger partial charge in [-0.1, -0.05) is 22.9 Å². The van der Waals surface area contributed by atoms with Crippen molar-refractivity contribution < 1.29 is 0 Å². The molecule has 0 bridgehead atoms. The molecule has 1 rings (SSSR count). The van der Waals surface area contributed by atoms with Crippen LogP contribution in [0.5, 0.6) is 0 Å². The van der Waals surface area contributed by atoms with Crippen molar-refractivity contribution in [3.63, 3.8) is 0 Å². The minimum atomic E-state index is 0.489. The third-order valence-electron chi connectivity index (χ3n) is 2.23. The first-order valence-electron chi connectivity index (χ1n) is 4.97. The average Bonchev–Trinajstić information content (AvgIpc) is 2.21. The fourth-order valence-electron chi connectivity index (χ4n) is 1.35. The van der Waals surface area contributed by atoms with Crippen molar-refractivity contribution >= 4 is 39.1 Å². The van der Waals surface area contributed by atoms with Gasteiger partial charge in [-0.3, -0.25) is 0 Å². The zero-order valence-electron chi connectivity index (χ0n) is 9.09. The summed E-state index contributed by atoms with van der Waals surface area (Å²) in [7, 11) is 0. The molecular weight excluding hydrogens is 272 g/mol. The lowest BCUT2D eigenvalue weighted by atomic mass is 10.2. The molecule has 15 heavy (non-hydrogen) atoms. The van der Waals surface area contributed by atoms with Crippen LogP contribution in [-0.4, -0.2) is 18.1 Å². The molecule has 4 heteroatoms. The van der Waals surface area contributed by atoms with E-state index in [9.17, 15) is 0 Å². The SMILES string of the molecule is CCC(CSC)Nc1ccc(Br)cc1N. The van der Waals surface area contributed by atoms with E-state index in [0.29, 0.717) is 6.04 Å². The van der Waals surface area contributed by atoms with Gasteiger partial charge in [0.1, 0.15) is 0 Å². The summed E-state index contributed by atoms with van der Waals surface area (Å²) >= 11 is 5.25. The second-order valence-corrected chi connectivity index (χ2v) is 5.26. The van der Waals surface area contributed by atoms with Gasteiger partial charge in [0.15, 0.2) is 0 Å². The number of rotatable bonds is 5. The van der Waals surface area contributed by atoms with Crippen LogP contribution >= 0.6 is 27.7 Å². The monoisotopic (exact) mass is 288 g/mol. The van der Waals surface area contributed by atoms with Gasteiger partial charge >= 0.3 is 0 Å². The first-order valence-corrected chi connectivity index (χ1v) is 7.16. The molecule has 0 heterocycles. The Morgan fingerprint density at radius 1 is 1.53 bits per heavy atom. The van der Waals surface area contributed by atoms with Crippen molar-refractivity contribution in [3.8, 4) is 0 Å². The Labute approximate surface area is 104 Å². The van der Waals surface area contributed by atoms with Crippen LogP contribution in [0.25, 0.3) is 0 Å². The minimum absolute atomic E-state index is 0.489. The Kier molecular flexibility index (Phi) is 5.32. The van der Waals surface area contributed by atoms with Gasteiger partial charge in [0.2, 0.25) is 0 Å². The molecule has 84 valence electrons. The van der Waals surface area contributed by atoms with Crippen LogP contribution in [0.2, 0.25) is 0 Å². The highest BCUT2D eigenvalue weighted by molar-refractivity contribution is 9.10. The highest BCUT2D eigenvalue weighted by atomic mass is 79.9. The number of nitrogens with one attached hydrogen (secondary N) is 1. The lowest BCUT2D eigenvalue weighted by molar-refractivity contribution is 0.775. The topological polar surface area (TPSA) is 38.0 Å². The fraction of sp³-hybridized carbons (Fsp3) is 0.455. The number of hydrogen-bond donors (Lipinski definition) is 2. The summed E-state index contributed by atoms with van der Waals surface area (Å²) in [5, 5.41) is 3.46. The smallest absolute Gasteiger partial charge is 0.0577 e. The van der Waals surface area contributed by atoms with E-state index in [1.54, 1.807) is 0 Å². The highest BCUT2D eigenvalue weighted by Crippen LogP contribution is 2.24. The van der Waals surface area contributed by atoms with E-state index in [2.05, 4.69) is 34.4 Å². The second kappa shape index (κ2) is 6.28. The van der Waals surface area contributed by atoms with Crippen LogP contribution in [0.4, 0.5) is 11.4 Å². The first kappa shape index (κ1) is 12.7. The predicted octanol–water partition coefficient (Wildman–Crippen LogP) is 3.58. The van der Waals surface area contributed by atoms with E-state index in [1.165, 1.54) is 0 Å². The molecule has 2 nitrogen and oxygen atoms in total. The third-order valence-corrected chi connectivity index (χ3v) is 3.46. The van der Waals surface area contributed by atoms with Crippen molar-refractivity contribution in [1.82, 2.24) is 0 Å². The second-order valence-electron chi connectivity index (χ2n) is 3.44. The van der Waals surface area contributed by atoms with Crippen molar-refractivity contribution in [3.05, 3.63) is 22.7 Å². The third kappa shape index (κ3) is 3.95. The maximum Gasteiger partial charge on any atom is 0.0577 e. The molecule has 0 saturated carbocycles. The molecule has 1 atom stereocenters. The van der Waals surface area contributed by atoms with Gasteiger partial charge in [-0.25, -0.2) is 0 Å². The Bertz CT molecular complexity index is 317. The number of benzene rings is 1. The van der Waals surface area contributed by atoms with E-state index in [1.807, 2.05) is 30.0 Å². The molecule has 0 aliphatic heterocycles. The van der Waals surface area contributed by atoms with Crippen molar-refractivity contribution in [2.75, 3.05) is 23.1 Å². The van der Waals surface area contributed by atoms with Crippen molar-refractivity contribution in [2.45, 2.75) is 19.4 Å². The van der Waals surface area contributed by atoms with Gasteiger partial charge < -0.3 is 11.1 Å². The maximum absolute atomic E-state index is 5.92. The molecule has 1 aromatic carbocycles. The largest absolute Gasteiger partial charge is 0.397 e. The van der Waals surface area contributed by atoms with Crippen LogP contribution < -0.4 is 11.1 Å². The lowest BCUT2D eigenvalue weighted by Crippen LogP contribution is -2.21. The van der Waals surface area contributed by atoms with Gasteiger partial charge in [0.25, 0.3) is 0 Å². The van der Waals surface area contributed by atoms with Crippen LogP contribution in [0, 0.1) is 0 Å². The molecule has 0 amide bonds. The Morgan fingerprint density at radius 3 is 2.80 bits per heavy atom. The maximum atomic E-state index is 5.92. The Morgan fingerprint density at radius 2 is 2.27 bits per heavy atom. The van der Waals surface area contributed by atoms with Gasteiger partial charge in [-0.2, -0.15) is 11.8 Å². The molecule has 0 aromatic heterocycles. The summed E-state index contributed by atoms with van der Waals surface area (Å²) < 4.78 is 1.02. The minimum Gasteiger partial charge on any atom is -0.397 e. The summed E-state index contributed by atoms with van der Waals surface area (Å²) in [6, 6.07) is 6.43. The van der Waals surface area contributed by atoms with Crippen molar-refractivity contribution in [1.29, 1.82) is 0 Å². The van der Waals surface area contributed by atoms with Crippen LogP contribution in [-0.2, 0) is 0 Å². The van der Waals surface area contributed by atoms with E-state index < -0.39 is 0 Å². The normalized spacial score (nSPS) is 12.5. The molecule has 0 aliphatic rings. The predicted molar refractivity (Wildman–Crippen MR) is 74.6 cm³/mol. The zero-order valence-corrected chi connectivity index (χ0v) is 11.5. The fourth-order valence-corrected chi connectivity index (χ4v) is 2.45. The standard InChI is InChI=1S/C11H17BrN2S/c1-3-9(7-15-2)14-11-5-4-8(12)6-10(11)13/h4-6,9,14H,3,7,13H2,1-2H3. The quantitative estimate of drug-likeness (QED) is 0.814. The zero-order chi connectivity index (χ0) is 11.3. The van der Waals surface area contributed by atoms with Crippen molar-refractivity contribution in [2.24, 2.45) is 0 Å². The molecule has 0 aliphatic carbocycles. The molecule has 0 saturated heterocycles. The number of halogens is 1. The number of anilines is 2. The van der Waals surface area contributed by atoms with Gasteiger partial charge in [-0.15, -0.1) is 0 Å². The number of nitrogens with two attached hydrogens (primary N) is 1. The molecule has 1 unspecified atom stereocenters. The van der Waals surface area contributed by atoms with Crippen LogP contribution in [0.1, 0.15) is 13.3 Å². The van der Waals surface area contributed by atoms with E-state index in [-0.39, 0.29) is 0 Å². The van der Waals surface area contributed by atoms with Gasteiger partial charge in [0.05, 0.1) is 11.4 Å². The molecular formula is C11H17BrN2S. The summed E-state index contributed by atoms with van der Waals surface area (Å²) in [5.41, 5.74) is 7.74. The molecule has 3 N–H and O–H groups in total. The highest BCUT2D eigenvalue weighted by Gasteiger charge is 2.07. The van der Waals surface area contributed by atoms with E-state index in [0.717, 1.165) is 28.0 Å². The van der Waals surface area contributed by atoms with Crippen LogP contribution in [0.3, 0.4) is 0 Å². The molecule has 0 spiro atoms. The average molecular weight is 289 g/mol. The number of thioether (sulfide) groups is 1. The Hall–Kier alpha value is -0.350. The summed E-state index contributed by atoms with van der Waals surface area (Å²) in [6.07, 6.45) is 3.23. The summed E-state index contributed by atoms with van der Waals surface area (Å²) in [6.45, 7) is 2.18. The van der Waals surface area contributed by atoms with E-state index >= 15 is 0 Å². The summed E-state index contributed by atoms with van der Waals surface area (Å²) in [4.78, 5) is 0. The molecule has 1 aromatic rings. The van der Waals surface area contributed by atoms with Gasteiger partial charge in [0, 0.05) is 16.3 Å². The number of hydrogen-bond acceptors (Lipinski definition) is 3. The molecule has 0 radical (unpaired) electrons. The number of nitrogen functional groups attached to an aromatic ring is 1. The summed E-state index contributed by atoms with van der Waals surface area (Å²) in [5.74, 6) is 1.10. The van der Waals surface area contributed by atoms with E-state index in [4.69, 9.17) is 5.73 Å². The molecule has 0 fully saturated rings. The van der Waals surface area contributed by atoms with Gasteiger partial charge in [-0.05, 0) is 30.9 Å². The lowest BCUT2D eigenvalue weighted by Gasteiger charge is -2.18.